The third-order valence-corrected chi connectivity index (χ3v) is 6.64. The number of rotatable bonds is 5. The van der Waals surface area contributed by atoms with E-state index in [4.69, 9.17) is 23.2 Å². The smallest absolute Gasteiger partial charge is 0.251 e. The molecule has 6 heteroatoms. The topological polar surface area (TPSA) is 49.4 Å². The first kappa shape index (κ1) is 23.6. The molecule has 31 heavy (non-hydrogen) atoms. The van der Waals surface area contributed by atoms with Crippen molar-refractivity contribution >= 4 is 35.0 Å². The van der Waals surface area contributed by atoms with E-state index in [0.717, 1.165) is 11.4 Å². The molecule has 3 rings (SSSR count). The van der Waals surface area contributed by atoms with Crippen molar-refractivity contribution in [1.29, 1.82) is 0 Å². The fourth-order valence-electron chi connectivity index (χ4n) is 4.39. The van der Waals surface area contributed by atoms with Crippen LogP contribution in [0.1, 0.15) is 56.0 Å². The van der Waals surface area contributed by atoms with Gasteiger partial charge in [0.15, 0.2) is 0 Å². The number of halogens is 2. The Hall–Kier alpha value is -2.04. The van der Waals surface area contributed by atoms with Crippen LogP contribution >= 0.6 is 23.2 Å². The summed E-state index contributed by atoms with van der Waals surface area (Å²) in [6.07, 6.45) is 0.871. The Morgan fingerprint density at radius 3 is 2.06 bits per heavy atom. The van der Waals surface area contributed by atoms with Gasteiger partial charge in [-0.15, -0.1) is 0 Å². The third kappa shape index (κ3) is 5.61. The number of hydrogen-bond acceptors (Lipinski definition) is 2. The van der Waals surface area contributed by atoms with Gasteiger partial charge in [0.05, 0.1) is 0 Å². The fraction of sp³-hybridized carbons (Fsp3) is 0.440. The van der Waals surface area contributed by atoms with E-state index in [1.807, 2.05) is 30.9 Å². The molecule has 0 bridgehead atoms. The highest BCUT2D eigenvalue weighted by Gasteiger charge is 2.40. The predicted molar refractivity (Wildman–Crippen MR) is 127 cm³/mol. The van der Waals surface area contributed by atoms with E-state index in [-0.39, 0.29) is 23.1 Å². The van der Waals surface area contributed by atoms with Crippen LogP contribution in [0.5, 0.6) is 0 Å². The van der Waals surface area contributed by atoms with Gasteiger partial charge in [0, 0.05) is 28.7 Å². The summed E-state index contributed by atoms with van der Waals surface area (Å²) in [5.41, 5.74) is 1.64. The number of nitrogens with one attached hydrogen (secondary N) is 1. The van der Waals surface area contributed by atoms with Crippen molar-refractivity contribution in [2.75, 3.05) is 13.1 Å². The molecule has 2 aromatic rings. The van der Waals surface area contributed by atoms with Crippen molar-refractivity contribution in [2.24, 2.45) is 11.3 Å². The minimum atomic E-state index is -0.578. The third-order valence-electron chi connectivity index (χ3n) is 6.14. The number of nitrogens with zero attached hydrogens (tertiary/aromatic N) is 1. The maximum absolute atomic E-state index is 13.4. The van der Waals surface area contributed by atoms with E-state index < -0.39 is 6.04 Å². The molecular weight excluding hydrogens is 431 g/mol. The highest BCUT2D eigenvalue weighted by molar-refractivity contribution is 6.30. The van der Waals surface area contributed by atoms with Gasteiger partial charge >= 0.3 is 0 Å². The summed E-state index contributed by atoms with van der Waals surface area (Å²) in [6, 6.07) is 14.1. The van der Waals surface area contributed by atoms with Crippen molar-refractivity contribution < 1.29 is 9.59 Å². The molecule has 1 N–H and O–H groups in total. The van der Waals surface area contributed by atoms with Gasteiger partial charge in [-0.3, -0.25) is 9.59 Å². The van der Waals surface area contributed by atoms with Crippen LogP contribution in [0.4, 0.5) is 0 Å². The first-order chi connectivity index (χ1) is 14.6. The number of benzene rings is 2. The van der Waals surface area contributed by atoms with E-state index in [0.29, 0.717) is 29.6 Å². The summed E-state index contributed by atoms with van der Waals surface area (Å²) in [5, 5.41) is 4.23. The Balaban J connectivity index is 1.72. The van der Waals surface area contributed by atoms with E-state index in [1.54, 1.807) is 24.3 Å². The zero-order valence-electron chi connectivity index (χ0n) is 18.5. The minimum absolute atomic E-state index is 0.0270. The summed E-state index contributed by atoms with van der Waals surface area (Å²) in [4.78, 5) is 28.0. The molecule has 1 fully saturated rings. The van der Waals surface area contributed by atoms with Crippen LogP contribution in [-0.4, -0.2) is 35.8 Å². The minimum Gasteiger partial charge on any atom is -0.340 e. The summed E-state index contributed by atoms with van der Waals surface area (Å²) in [6.45, 7) is 9.60. The second-order valence-corrected chi connectivity index (χ2v) is 10.2. The molecule has 1 heterocycles. The summed E-state index contributed by atoms with van der Waals surface area (Å²) in [5.74, 6) is 0.0230. The Kier molecular flexibility index (Phi) is 7.33. The molecule has 1 aliphatic heterocycles. The van der Waals surface area contributed by atoms with Gasteiger partial charge in [-0.2, -0.15) is 0 Å². The lowest BCUT2D eigenvalue weighted by molar-refractivity contribution is -0.137. The van der Waals surface area contributed by atoms with E-state index in [1.165, 1.54) is 5.56 Å². The lowest BCUT2D eigenvalue weighted by Crippen LogP contribution is -2.55. The van der Waals surface area contributed by atoms with Crippen molar-refractivity contribution in [1.82, 2.24) is 10.2 Å². The van der Waals surface area contributed by atoms with E-state index in [9.17, 15) is 9.59 Å². The van der Waals surface area contributed by atoms with Crippen molar-refractivity contribution in [3.8, 4) is 0 Å². The second kappa shape index (κ2) is 9.62. The first-order valence-corrected chi connectivity index (χ1v) is 11.4. The summed E-state index contributed by atoms with van der Waals surface area (Å²) in [7, 11) is 0. The molecule has 0 aromatic heterocycles. The monoisotopic (exact) mass is 460 g/mol. The summed E-state index contributed by atoms with van der Waals surface area (Å²) >= 11 is 12.0. The van der Waals surface area contributed by atoms with Crippen molar-refractivity contribution in [3.05, 3.63) is 69.7 Å². The van der Waals surface area contributed by atoms with Crippen LogP contribution in [0.3, 0.4) is 0 Å². The SMILES string of the molecule is CC(C)[C@@H](NC(=O)c1ccc(Cl)cc1)C(=O)N1CCC(c2ccc(Cl)cc2)C(C)(C)C1. The quantitative estimate of drug-likeness (QED) is 0.613. The van der Waals surface area contributed by atoms with Gasteiger partial charge in [0.25, 0.3) is 5.91 Å². The average Bonchev–Trinajstić information content (AvgIpc) is 2.72. The number of hydrogen-bond donors (Lipinski definition) is 1. The van der Waals surface area contributed by atoms with Crippen LogP contribution in [0.15, 0.2) is 48.5 Å². The number of likely N-dealkylation sites (tertiary alicyclic amines) is 1. The normalized spacial score (nSPS) is 19.2. The highest BCUT2D eigenvalue weighted by atomic mass is 35.5. The Morgan fingerprint density at radius 2 is 1.55 bits per heavy atom. The molecule has 2 aromatic carbocycles. The summed E-state index contributed by atoms with van der Waals surface area (Å²) < 4.78 is 0. The average molecular weight is 461 g/mol. The maximum atomic E-state index is 13.4. The number of amides is 2. The molecular formula is C25H30Cl2N2O2. The fourth-order valence-corrected chi connectivity index (χ4v) is 4.65. The molecule has 1 aliphatic rings. The lowest BCUT2D eigenvalue weighted by Gasteiger charge is -2.45. The van der Waals surface area contributed by atoms with Gasteiger partial charge in [-0.05, 0) is 65.6 Å². The zero-order valence-corrected chi connectivity index (χ0v) is 20.0. The largest absolute Gasteiger partial charge is 0.340 e. The van der Waals surface area contributed by atoms with Gasteiger partial charge in [0.1, 0.15) is 6.04 Å². The molecule has 1 saturated heterocycles. The molecule has 4 nitrogen and oxygen atoms in total. The molecule has 0 spiro atoms. The Bertz CT molecular complexity index is 924. The molecule has 2 amide bonds. The molecule has 1 unspecified atom stereocenters. The highest BCUT2D eigenvalue weighted by Crippen LogP contribution is 2.42. The zero-order chi connectivity index (χ0) is 22.8. The standard InChI is InChI=1S/C25H30Cl2N2O2/c1-16(2)22(28-23(30)18-7-11-20(27)12-8-18)24(31)29-14-13-21(25(3,4)15-29)17-5-9-19(26)10-6-17/h5-12,16,21-22H,13-15H2,1-4H3,(H,28,30)/t21?,22-/m1/s1. The molecule has 0 saturated carbocycles. The van der Waals surface area contributed by atoms with Gasteiger partial charge < -0.3 is 10.2 Å². The number of carbonyl (C=O) groups is 2. The van der Waals surface area contributed by atoms with Crippen molar-refractivity contribution in [2.45, 2.75) is 46.1 Å². The van der Waals surface area contributed by atoms with Gasteiger partial charge in [0.2, 0.25) is 5.91 Å². The molecule has 2 atom stereocenters. The van der Waals surface area contributed by atoms with Gasteiger partial charge in [-0.1, -0.05) is 63.0 Å². The number of carbonyl (C=O) groups excluding carboxylic acids is 2. The Morgan fingerprint density at radius 1 is 1.00 bits per heavy atom. The lowest BCUT2D eigenvalue weighted by atomic mass is 9.70. The molecule has 0 aliphatic carbocycles. The molecule has 0 radical (unpaired) electrons. The second-order valence-electron chi connectivity index (χ2n) is 9.34. The van der Waals surface area contributed by atoms with Crippen molar-refractivity contribution in [3.63, 3.8) is 0 Å². The maximum Gasteiger partial charge on any atom is 0.251 e. The molecule has 166 valence electrons. The van der Waals surface area contributed by atoms with E-state index in [2.05, 4.69) is 31.3 Å². The van der Waals surface area contributed by atoms with Crippen LogP contribution in [0.2, 0.25) is 10.0 Å². The number of piperidine rings is 1. The first-order valence-electron chi connectivity index (χ1n) is 10.7. The van der Waals surface area contributed by atoms with Crippen LogP contribution in [0, 0.1) is 11.3 Å². The predicted octanol–water partition coefficient (Wildman–Crippen LogP) is 5.79. The van der Waals surface area contributed by atoms with E-state index >= 15 is 0 Å². The van der Waals surface area contributed by atoms with Crippen LogP contribution in [0.25, 0.3) is 0 Å². The van der Waals surface area contributed by atoms with Crippen LogP contribution < -0.4 is 5.32 Å². The van der Waals surface area contributed by atoms with Crippen LogP contribution in [-0.2, 0) is 4.79 Å². The Labute approximate surface area is 194 Å². The van der Waals surface area contributed by atoms with Gasteiger partial charge in [-0.25, -0.2) is 0 Å².